The van der Waals surface area contributed by atoms with Crippen LogP contribution in [0.25, 0.3) is 0 Å². The Morgan fingerprint density at radius 1 is 1.42 bits per heavy atom. The molecule has 1 aromatic heterocycles. The van der Waals surface area contributed by atoms with E-state index in [1.165, 1.54) is 18.3 Å². The summed E-state index contributed by atoms with van der Waals surface area (Å²) in [4.78, 5) is 14.5. The van der Waals surface area contributed by atoms with Crippen LogP contribution in [-0.2, 0) is 0 Å². The van der Waals surface area contributed by atoms with Crippen molar-refractivity contribution in [3.8, 4) is 11.6 Å². The maximum absolute atomic E-state index is 11.0. The number of benzene rings is 1. The zero-order valence-corrected chi connectivity index (χ0v) is 11.5. The molecule has 0 saturated carbocycles. The molecule has 0 radical (unpaired) electrons. The van der Waals surface area contributed by atoms with E-state index in [1.807, 2.05) is 0 Å². The maximum atomic E-state index is 11.0. The van der Waals surface area contributed by atoms with Crippen LogP contribution in [0.2, 0.25) is 0 Å². The summed E-state index contributed by atoms with van der Waals surface area (Å²) in [5.41, 5.74) is 6.59. The second-order valence-electron chi connectivity index (χ2n) is 3.86. The summed E-state index contributed by atoms with van der Waals surface area (Å²) >= 11 is 3.22. The van der Waals surface area contributed by atoms with Crippen molar-refractivity contribution in [1.29, 1.82) is 0 Å². The third kappa shape index (κ3) is 3.00. The minimum absolute atomic E-state index is 0.129. The lowest BCUT2D eigenvalue weighted by atomic mass is 10.2. The van der Waals surface area contributed by atoms with Gasteiger partial charge in [0.25, 0.3) is 0 Å². The maximum Gasteiger partial charge on any atom is 0.313 e. The zero-order chi connectivity index (χ0) is 14.0. The van der Waals surface area contributed by atoms with Crippen molar-refractivity contribution in [2.45, 2.75) is 6.92 Å². The fourth-order valence-corrected chi connectivity index (χ4v) is 2.13. The molecule has 19 heavy (non-hydrogen) atoms. The van der Waals surface area contributed by atoms with Gasteiger partial charge in [-0.1, -0.05) is 15.9 Å². The van der Waals surface area contributed by atoms with Crippen LogP contribution in [0.1, 0.15) is 5.56 Å². The minimum atomic E-state index is -0.501. The number of nitrogens with two attached hydrogens (primary N) is 1. The molecule has 7 heteroatoms. The highest BCUT2D eigenvalue weighted by Crippen LogP contribution is 2.36. The van der Waals surface area contributed by atoms with Gasteiger partial charge in [-0.05, 0) is 19.1 Å². The molecule has 2 aromatic rings. The molecular formula is C12H10BrN3O3. The van der Waals surface area contributed by atoms with Crippen molar-refractivity contribution in [3.05, 3.63) is 50.6 Å². The third-order valence-corrected chi connectivity index (χ3v) is 2.84. The SMILES string of the molecule is Cc1cc(Br)cc([N+](=O)[O-])c1Oc1cc(N)ccn1. The molecule has 98 valence electrons. The van der Waals surface area contributed by atoms with Crippen LogP contribution in [0.15, 0.2) is 34.9 Å². The Bertz CT molecular complexity index is 646. The summed E-state index contributed by atoms with van der Waals surface area (Å²) in [5, 5.41) is 11.0. The number of rotatable bonds is 3. The fourth-order valence-electron chi connectivity index (χ4n) is 1.57. The van der Waals surface area contributed by atoms with Gasteiger partial charge in [-0.2, -0.15) is 0 Å². The van der Waals surface area contributed by atoms with E-state index >= 15 is 0 Å². The minimum Gasteiger partial charge on any atom is -0.431 e. The molecule has 0 aliphatic rings. The number of anilines is 1. The fraction of sp³-hybridized carbons (Fsp3) is 0.0833. The van der Waals surface area contributed by atoms with Crippen molar-refractivity contribution >= 4 is 27.3 Å². The first kappa shape index (κ1) is 13.3. The van der Waals surface area contributed by atoms with E-state index in [1.54, 1.807) is 19.1 Å². The van der Waals surface area contributed by atoms with Gasteiger partial charge in [0.15, 0.2) is 0 Å². The third-order valence-electron chi connectivity index (χ3n) is 2.38. The van der Waals surface area contributed by atoms with E-state index in [-0.39, 0.29) is 17.3 Å². The van der Waals surface area contributed by atoms with Crippen molar-refractivity contribution in [3.63, 3.8) is 0 Å². The van der Waals surface area contributed by atoms with Crippen molar-refractivity contribution < 1.29 is 9.66 Å². The number of hydrogen-bond acceptors (Lipinski definition) is 5. The van der Waals surface area contributed by atoms with Crippen LogP contribution in [0, 0.1) is 17.0 Å². The largest absolute Gasteiger partial charge is 0.431 e. The number of aromatic nitrogens is 1. The van der Waals surface area contributed by atoms with Gasteiger partial charge in [-0.3, -0.25) is 10.1 Å². The van der Waals surface area contributed by atoms with Gasteiger partial charge in [0.05, 0.1) is 4.92 Å². The number of nitro groups is 1. The van der Waals surface area contributed by atoms with E-state index in [0.717, 1.165) is 0 Å². The lowest BCUT2D eigenvalue weighted by Crippen LogP contribution is -1.97. The molecule has 2 N–H and O–H groups in total. The van der Waals surface area contributed by atoms with Crippen molar-refractivity contribution in [2.75, 3.05) is 5.73 Å². The number of aryl methyl sites for hydroxylation is 1. The second-order valence-corrected chi connectivity index (χ2v) is 4.77. The molecule has 1 aromatic carbocycles. The number of hydrogen-bond donors (Lipinski definition) is 1. The zero-order valence-electron chi connectivity index (χ0n) is 9.96. The first-order chi connectivity index (χ1) is 8.97. The summed E-state index contributed by atoms with van der Waals surface area (Å²) in [6.07, 6.45) is 1.48. The smallest absolute Gasteiger partial charge is 0.313 e. The summed E-state index contributed by atoms with van der Waals surface area (Å²) in [6.45, 7) is 1.72. The van der Waals surface area contributed by atoms with Crippen LogP contribution in [0.3, 0.4) is 0 Å². The van der Waals surface area contributed by atoms with Crippen LogP contribution in [-0.4, -0.2) is 9.91 Å². The van der Waals surface area contributed by atoms with Crippen molar-refractivity contribution in [1.82, 2.24) is 4.98 Å². The predicted octanol–water partition coefficient (Wildman–Crippen LogP) is 3.44. The highest BCUT2D eigenvalue weighted by Gasteiger charge is 2.20. The van der Waals surface area contributed by atoms with Gasteiger partial charge in [-0.15, -0.1) is 0 Å². The molecule has 0 fully saturated rings. The predicted molar refractivity (Wildman–Crippen MR) is 74.3 cm³/mol. The van der Waals surface area contributed by atoms with Gasteiger partial charge < -0.3 is 10.5 Å². The summed E-state index contributed by atoms with van der Waals surface area (Å²) in [7, 11) is 0. The number of ether oxygens (including phenoxy) is 1. The standard InChI is InChI=1S/C12H10BrN3O3/c1-7-4-8(13)5-10(16(17)18)12(7)19-11-6-9(14)2-3-15-11/h2-6H,1H3,(H2,14,15). The van der Waals surface area contributed by atoms with Crippen LogP contribution in [0.4, 0.5) is 11.4 Å². The molecule has 1 heterocycles. The van der Waals surface area contributed by atoms with Gasteiger partial charge >= 0.3 is 5.69 Å². The van der Waals surface area contributed by atoms with E-state index in [0.29, 0.717) is 15.7 Å². The molecule has 0 unspecified atom stereocenters. The lowest BCUT2D eigenvalue weighted by Gasteiger charge is -2.09. The normalized spacial score (nSPS) is 10.2. The summed E-state index contributed by atoms with van der Waals surface area (Å²) < 4.78 is 6.10. The van der Waals surface area contributed by atoms with Gasteiger partial charge in [0.2, 0.25) is 11.6 Å². The van der Waals surface area contributed by atoms with Crippen LogP contribution < -0.4 is 10.5 Å². The molecule has 0 bridgehead atoms. The molecule has 0 saturated heterocycles. The lowest BCUT2D eigenvalue weighted by molar-refractivity contribution is -0.385. The first-order valence-corrected chi connectivity index (χ1v) is 6.10. The quantitative estimate of drug-likeness (QED) is 0.690. The summed E-state index contributed by atoms with van der Waals surface area (Å²) in [5.74, 6) is 0.375. The highest BCUT2D eigenvalue weighted by atomic mass is 79.9. The number of nitrogen functional groups attached to an aromatic ring is 1. The molecule has 0 atom stereocenters. The second kappa shape index (κ2) is 5.23. The monoisotopic (exact) mass is 323 g/mol. The van der Waals surface area contributed by atoms with Crippen LogP contribution >= 0.6 is 15.9 Å². The average Bonchev–Trinajstić information content (AvgIpc) is 2.32. The van der Waals surface area contributed by atoms with E-state index in [2.05, 4.69) is 20.9 Å². The summed E-state index contributed by atoms with van der Waals surface area (Å²) in [6, 6.07) is 6.23. The van der Waals surface area contributed by atoms with Crippen LogP contribution in [0.5, 0.6) is 11.6 Å². The van der Waals surface area contributed by atoms with Gasteiger partial charge in [0.1, 0.15) is 0 Å². The van der Waals surface area contributed by atoms with E-state index in [9.17, 15) is 10.1 Å². The Balaban J connectivity index is 2.47. The number of nitrogens with zero attached hydrogens (tertiary/aromatic N) is 2. The van der Waals surface area contributed by atoms with E-state index in [4.69, 9.17) is 10.5 Å². The molecule has 6 nitrogen and oxygen atoms in total. The Morgan fingerprint density at radius 2 is 2.16 bits per heavy atom. The highest BCUT2D eigenvalue weighted by molar-refractivity contribution is 9.10. The Labute approximate surface area is 117 Å². The van der Waals surface area contributed by atoms with Crippen molar-refractivity contribution in [2.24, 2.45) is 0 Å². The first-order valence-electron chi connectivity index (χ1n) is 5.31. The topological polar surface area (TPSA) is 91.3 Å². The van der Waals surface area contributed by atoms with Gasteiger partial charge in [0, 0.05) is 34.1 Å². The number of pyridine rings is 1. The number of halogens is 1. The number of nitro benzene ring substituents is 1. The van der Waals surface area contributed by atoms with Gasteiger partial charge in [-0.25, -0.2) is 4.98 Å². The Kier molecular flexibility index (Phi) is 3.66. The Hall–Kier alpha value is -2.15. The molecular weight excluding hydrogens is 314 g/mol. The molecule has 0 amide bonds. The van der Waals surface area contributed by atoms with E-state index < -0.39 is 4.92 Å². The Morgan fingerprint density at radius 3 is 2.79 bits per heavy atom. The molecule has 0 aliphatic heterocycles. The molecule has 0 spiro atoms. The molecule has 2 rings (SSSR count). The average molecular weight is 324 g/mol. The molecule has 0 aliphatic carbocycles.